The Morgan fingerprint density at radius 3 is 2.65 bits per heavy atom. The summed E-state index contributed by atoms with van der Waals surface area (Å²) in [4.78, 5) is 2.44. The maximum absolute atomic E-state index is 11.9. The van der Waals surface area contributed by atoms with Crippen LogP contribution in [0.1, 0.15) is 41.5 Å². The van der Waals surface area contributed by atoms with Crippen molar-refractivity contribution in [3.8, 4) is 0 Å². The zero-order valence-corrected chi connectivity index (χ0v) is 12.0. The molecule has 5 heteroatoms. The van der Waals surface area contributed by atoms with Crippen molar-refractivity contribution >= 4 is 21.4 Å². The van der Waals surface area contributed by atoms with Crippen LogP contribution in [0.25, 0.3) is 0 Å². The normalized spacial score (nSPS) is 23.5. The smallest absolute Gasteiger partial charge is 0.211 e. The molecule has 96 valence electrons. The van der Waals surface area contributed by atoms with Gasteiger partial charge >= 0.3 is 0 Å². The first-order valence-corrected chi connectivity index (χ1v) is 8.68. The molecule has 17 heavy (non-hydrogen) atoms. The van der Waals surface area contributed by atoms with Gasteiger partial charge in [-0.25, -0.2) is 8.42 Å². The first-order chi connectivity index (χ1) is 7.98. The number of hydrogen-bond donors (Lipinski definition) is 0. The van der Waals surface area contributed by atoms with Gasteiger partial charge in [0.05, 0.1) is 12.3 Å². The van der Waals surface area contributed by atoms with E-state index in [9.17, 15) is 8.42 Å². The van der Waals surface area contributed by atoms with E-state index >= 15 is 0 Å². The first kappa shape index (κ1) is 13.1. The maximum Gasteiger partial charge on any atom is 0.211 e. The quantitative estimate of drug-likeness (QED) is 0.831. The maximum atomic E-state index is 11.9. The van der Waals surface area contributed by atoms with E-state index in [1.54, 1.807) is 15.6 Å². The number of rotatable bonds is 2. The summed E-state index contributed by atoms with van der Waals surface area (Å²) < 4.78 is 25.4. The fourth-order valence-corrected chi connectivity index (χ4v) is 4.63. The van der Waals surface area contributed by atoms with Crippen LogP contribution in [0.3, 0.4) is 0 Å². The highest BCUT2D eigenvalue weighted by molar-refractivity contribution is 7.88. The van der Waals surface area contributed by atoms with Crippen LogP contribution in [0.2, 0.25) is 0 Å². The van der Waals surface area contributed by atoms with E-state index in [1.807, 2.05) is 0 Å². The van der Waals surface area contributed by atoms with E-state index in [-0.39, 0.29) is 6.04 Å². The Labute approximate surface area is 108 Å². The number of sulfonamides is 1. The zero-order chi connectivity index (χ0) is 12.5. The van der Waals surface area contributed by atoms with Gasteiger partial charge in [-0.2, -0.15) is 4.31 Å². The third-order valence-electron chi connectivity index (χ3n) is 3.22. The summed E-state index contributed by atoms with van der Waals surface area (Å²) in [5.41, 5.74) is 0. The van der Waals surface area contributed by atoms with Crippen LogP contribution in [0.5, 0.6) is 0 Å². The van der Waals surface area contributed by atoms with Crippen LogP contribution >= 0.6 is 11.3 Å². The molecular formula is C12H19NO2S2. The zero-order valence-electron chi connectivity index (χ0n) is 10.3. The largest absolute Gasteiger partial charge is 0.212 e. The lowest BCUT2D eigenvalue weighted by molar-refractivity contribution is 0.335. The van der Waals surface area contributed by atoms with Crippen molar-refractivity contribution in [2.75, 3.05) is 12.8 Å². The van der Waals surface area contributed by atoms with Crippen LogP contribution in [0, 0.1) is 6.92 Å². The van der Waals surface area contributed by atoms with E-state index < -0.39 is 10.0 Å². The minimum atomic E-state index is -3.10. The fourth-order valence-electron chi connectivity index (χ4n) is 2.40. The van der Waals surface area contributed by atoms with Crippen molar-refractivity contribution in [3.05, 3.63) is 21.9 Å². The Bertz CT molecular complexity index is 478. The topological polar surface area (TPSA) is 37.4 Å². The SMILES string of the molecule is Cc1ccc(C2CCCCCN2S(C)(=O)=O)s1. The van der Waals surface area contributed by atoms with E-state index in [1.165, 1.54) is 16.0 Å². The highest BCUT2D eigenvalue weighted by Crippen LogP contribution is 2.35. The lowest BCUT2D eigenvalue weighted by Crippen LogP contribution is -2.33. The highest BCUT2D eigenvalue weighted by atomic mass is 32.2. The van der Waals surface area contributed by atoms with E-state index in [0.29, 0.717) is 6.54 Å². The molecule has 3 nitrogen and oxygen atoms in total. The molecule has 1 saturated heterocycles. The molecule has 1 aliphatic rings. The molecule has 1 atom stereocenters. The van der Waals surface area contributed by atoms with E-state index in [4.69, 9.17) is 0 Å². The Morgan fingerprint density at radius 2 is 2.06 bits per heavy atom. The van der Waals surface area contributed by atoms with Crippen LogP contribution < -0.4 is 0 Å². The van der Waals surface area contributed by atoms with E-state index in [0.717, 1.165) is 25.7 Å². The van der Waals surface area contributed by atoms with Crippen LogP contribution in [-0.2, 0) is 10.0 Å². The molecule has 1 aromatic heterocycles. The first-order valence-electron chi connectivity index (χ1n) is 6.01. The summed E-state index contributed by atoms with van der Waals surface area (Å²) in [6.07, 6.45) is 5.51. The second-order valence-corrected chi connectivity index (χ2v) is 7.94. The Balaban J connectivity index is 2.33. The molecule has 0 bridgehead atoms. The van der Waals surface area contributed by atoms with Gasteiger partial charge in [-0.1, -0.05) is 12.8 Å². The summed E-state index contributed by atoms with van der Waals surface area (Å²) in [6, 6.07) is 4.21. The van der Waals surface area contributed by atoms with Gasteiger partial charge in [0.25, 0.3) is 0 Å². The molecule has 1 unspecified atom stereocenters. The molecule has 0 N–H and O–H groups in total. The van der Waals surface area contributed by atoms with Gasteiger partial charge in [0.15, 0.2) is 0 Å². The van der Waals surface area contributed by atoms with Gasteiger partial charge in [0.2, 0.25) is 10.0 Å². The summed E-state index contributed by atoms with van der Waals surface area (Å²) in [7, 11) is -3.10. The van der Waals surface area contributed by atoms with Gasteiger partial charge in [0, 0.05) is 16.3 Å². The van der Waals surface area contributed by atoms with Crippen LogP contribution in [0.15, 0.2) is 12.1 Å². The Hall–Kier alpha value is -0.390. The Kier molecular flexibility index (Phi) is 3.90. The minimum Gasteiger partial charge on any atom is -0.212 e. The highest BCUT2D eigenvalue weighted by Gasteiger charge is 2.29. The van der Waals surface area contributed by atoms with Crippen molar-refractivity contribution in [2.24, 2.45) is 0 Å². The fraction of sp³-hybridized carbons (Fsp3) is 0.667. The average molecular weight is 273 g/mol. The third kappa shape index (κ3) is 3.09. The molecule has 0 aliphatic carbocycles. The predicted molar refractivity (Wildman–Crippen MR) is 71.8 cm³/mol. The van der Waals surface area contributed by atoms with Gasteiger partial charge in [-0.15, -0.1) is 11.3 Å². The number of aryl methyl sites for hydroxylation is 1. The van der Waals surface area contributed by atoms with Gasteiger partial charge in [-0.05, 0) is 31.9 Å². The van der Waals surface area contributed by atoms with Crippen molar-refractivity contribution < 1.29 is 8.42 Å². The second-order valence-electron chi connectivity index (χ2n) is 4.69. The summed E-state index contributed by atoms with van der Waals surface area (Å²) in [6.45, 7) is 2.73. The lowest BCUT2D eigenvalue weighted by Gasteiger charge is -2.26. The van der Waals surface area contributed by atoms with Crippen molar-refractivity contribution in [1.29, 1.82) is 0 Å². The molecule has 1 aromatic rings. The summed E-state index contributed by atoms with van der Waals surface area (Å²) >= 11 is 1.72. The lowest BCUT2D eigenvalue weighted by atomic mass is 10.1. The third-order valence-corrected chi connectivity index (χ3v) is 5.61. The number of nitrogens with zero attached hydrogens (tertiary/aromatic N) is 1. The molecule has 0 saturated carbocycles. The summed E-state index contributed by atoms with van der Waals surface area (Å²) in [5.74, 6) is 0. The molecule has 2 rings (SSSR count). The number of thiophene rings is 1. The van der Waals surface area contributed by atoms with Crippen LogP contribution in [0.4, 0.5) is 0 Å². The van der Waals surface area contributed by atoms with Crippen molar-refractivity contribution in [3.63, 3.8) is 0 Å². The van der Waals surface area contributed by atoms with Gasteiger partial charge in [-0.3, -0.25) is 0 Å². The van der Waals surface area contributed by atoms with Gasteiger partial charge < -0.3 is 0 Å². The molecule has 1 fully saturated rings. The predicted octanol–water partition coefficient (Wildman–Crippen LogP) is 2.93. The van der Waals surface area contributed by atoms with Crippen LogP contribution in [-0.4, -0.2) is 25.5 Å². The molecule has 2 heterocycles. The van der Waals surface area contributed by atoms with E-state index in [2.05, 4.69) is 19.1 Å². The summed E-state index contributed by atoms with van der Waals surface area (Å²) in [5, 5.41) is 0. The number of hydrogen-bond acceptors (Lipinski definition) is 3. The van der Waals surface area contributed by atoms with Crippen molar-refractivity contribution in [1.82, 2.24) is 4.31 Å². The second kappa shape index (κ2) is 5.08. The Morgan fingerprint density at radius 1 is 1.29 bits per heavy atom. The molecule has 0 radical (unpaired) electrons. The molecular weight excluding hydrogens is 254 g/mol. The standard InChI is InChI=1S/C12H19NO2S2/c1-10-7-8-12(16-10)11-6-4-3-5-9-13(11)17(2,14)15/h7-8,11H,3-6,9H2,1-2H3. The molecule has 0 spiro atoms. The molecule has 0 amide bonds. The van der Waals surface area contributed by atoms with Gasteiger partial charge in [0.1, 0.15) is 0 Å². The monoisotopic (exact) mass is 273 g/mol. The minimum absolute atomic E-state index is 0.0613. The molecule has 0 aromatic carbocycles. The molecule has 1 aliphatic heterocycles. The van der Waals surface area contributed by atoms with Crippen molar-refractivity contribution in [2.45, 2.75) is 38.6 Å². The average Bonchev–Trinajstić information content (AvgIpc) is 2.52.